The van der Waals surface area contributed by atoms with Crippen LogP contribution in [0.3, 0.4) is 0 Å². The van der Waals surface area contributed by atoms with Crippen LogP contribution < -0.4 is 5.32 Å². The van der Waals surface area contributed by atoms with E-state index in [0.717, 1.165) is 25.9 Å². The lowest BCUT2D eigenvalue weighted by molar-refractivity contribution is 0.0222. The molecular weight excluding hydrogens is 208 g/mol. The van der Waals surface area contributed by atoms with E-state index in [1.54, 1.807) is 0 Å². The zero-order valence-electron chi connectivity index (χ0n) is 9.35. The Labute approximate surface area is 94.0 Å². The molecule has 0 aromatic carbocycles. The third kappa shape index (κ3) is 2.57. The van der Waals surface area contributed by atoms with Crippen LogP contribution in [0.5, 0.6) is 0 Å². The van der Waals surface area contributed by atoms with Crippen molar-refractivity contribution in [3.63, 3.8) is 0 Å². The van der Waals surface area contributed by atoms with Crippen molar-refractivity contribution in [2.24, 2.45) is 0 Å². The smallest absolute Gasteiger partial charge is 0.360 e. The van der Waals surface area contributed by atoms with Gasteiger partial charge in [0.25, 0.3) is 0 Å². The van der Waals surface area contributed by atoms with Crippen molar-refractivity contribution in [3.8, 4) is 0 Å². The minimum atomic E-state index is -0.369. The average molecular weight is 224 g/mol. The Morgan fingerprint density at radius 1 is 1.62 bits per heavy atom. The van der Waals surface area contributed by atoms with Crippen molar-refractivity contribution in [1.82, 2.24) is 20.3 Å². The lowest BCUT2D eigenvalue weighted by Gasteiger charge is -2.22. The van der Waals surface area contributed by atoms with Gasteiger partial charge >= 0.3 is 5.97 Å². The maximum atomic E-state index is 11.7. The Morgan fingerprint density at radius 2 is 2.38 bits per heavy atom. The van der Waals surface area contributed by atoms with E-state index >= 15 is 0 Å². The standard InChI is InChI=1S/C10H16N4O2/c1-2-14-12-7-9(13-14)10(15)16-8-3-5-11-6-4-8/h7-8,11H,2-6H2,1H3. The minimum Gasteiger partial charge on any atom is -0.457 e. The largest absolute Gasteiger partial charge is 0.457 e. The molecule has 0 bridgehead atoms. The second-order valence-corrected chi connectivity index (χ2v) is 3.77. The zero-order valence-corrected chi connectivity index (χ0v) is 9.35. The van der Waals surface area contributed by atoms with Gasteiger partial charge in [-0.25, -0.2) is 4.79 Å². The number of carbonyl (C=O) groups excluding carboxylic acids is 1. The summed E-state index contributed by atoms with van der Waals surface area (Å²) in [5.41, 5.74) is 0.292. The molecular formula is C10H16N4O2. The van der Waals surface area contributed by atoms with Gasteiger partial charge in [0.1, 0.15) is 6.10 Å². The molecule has 1 fully saturated rings. The second-order valence-electron chi connectivity index (χ2n) is 3.77. The van der Waals surface area contributed by atoms with Crippen molar-refractivity contribution in [1.29, 1.82) is 0 Å². The van der Waals surface area contributed by atoms with Crippen LogP contribution in [-0.2, 0) is 11.3 Å². The van der Waals surface area contributed by atoms with Crippen LogP contribution in [-0.4, -0.2) is 40.2 Å². The monoisotopic (exact) mass is 224 g/mol. The highest BCUT2D eigenvalue weighted by atomic mass is 16.5. The molecule has 0 aliphatic carbocycles. The topological polar surface area (TPSA) is 69.0 Å². The number of hydrogen-bond donors (Lipinski definition) is 1. The summed E-state index contributed by atoms with van der Waals surface area (Å²) in [5.74, 6) is -0.369. The first-order chi connectivity index (χ1) is 7.79. The van der Waals surface area contributed by atoms with E-state index in [-0.39, 0.29) is 12.1 Å². The molecule has 1 aromatic rings. The van der Waals surface area contributed by atoms with Gasteiger partial charge in [-0.15, -0.1) is 5.10 Å². The average Bonchev–Trinajstić information content (AvgIpc) is 2.79. The number of aryl methyl sites for hydroxylation is 1. The first-order valence-corrected chi connectivity index (χ1v) is 5.61. The number of nitrogens with zero attached hydrogens (tertiary/aromatic N) is 3. The molecule has 1 aliphatic heterocycles. The summed E-state index contributed by atoms with van der Waals surface area (Å²) < 4.78 is 5.34. The van der Waals surface area contributed by atoms with Gasteiger partial charge < -0.3 is 10.1 Å². The van der Waals surface area contributed by atoms with E-state index in [1.165, 1.54) is 11.0 Å². The normalized spacial score (nSPS) is 17.3. The summed E-state index contributed by atoms with van der Waals surface area (Å²) in [4.78, 5) is 13.2. The van der Waals surface area contributed by atoms with Gasteiger partial charge in [-0.1, -0.05) is 0 Å². The number of ether oxygens (including phenoxy) is 1. The molecule has 88 valence electrons. The fraction of sp³-hybridized carbons (Fsp3) is 0.700. The summed E-state index contributed by atoms with van der Waals surface area (Å²) in [6.45, 7) is 4.38. The number of piperidine rings is 1. The Hall–Kier alpha value is -1.43. The summed E-state index contributed by atoms with van der Waals surface area (Å²) >= 11 is 0. The third-order valence-electron chi connectivity index (χ3n) is 2.59. The SMILES string of the molecule is CCn1ncc(C(=O)OC2CCNCC2)n1. The molecule has 2 heterocycles. The molecule has 1 N–H and O–H groups in total. The molecule has 0 saturated carbocycles. The van der Waals surface area contributed by atoms with Crippen molar-refractivity contribution in [3.05, 3.63) is 11.9 Å². The Balaban J connectivity index is 1.91. The van der Waals surface area contributed by atoms with E-state index in [0.29, 0.717) is 12.2 Å². The van der Waals surface area contributed by atoms with Crippen molar-refractivity contribution >= 4 is 5.97 Å². The number of rotatable bonds is 3. The first-order valence-electron chi connectivity index (χ1n) is 5.61. The van der Waals surface area contributed by atoms with Crippen LogP contribution in [0.4, 0.5) is 0 Å². The molecule has 1 saturated heterocycles. The van der Waals surface area contributed by atoms with Crippen molar-refractivity contribution in [2.45, 2.75) is 32.4 Å². The summed E-state index contributed by atoms with van der Waals surface area (Å²) in [5, 5.41) is 11.2. The fourth-order valence-corrected chi connectivity index (χ4v) is 1.67. The van der Waals surface area contributed by atoms with Crippen LogP contribution in [0, 0.1) is 0 Å². The van der Waals surface area contributed by atoms with E-state index in [2.05, 4.69) is 15.5 Å². The highest BCUT2D eigenvalue weighted by Gasteiger charge is 2.20. The molecule has 6 nitrogen and oxygen atoms in total. The van der Waals surface area contributed by atoms with Crippen LogP contribution >= 0.6 is 0 Å². The molecule has 0 radical (unpaired) electrons. The van der Waals surface area contributed by atoms with E-state index < -0.39 is 0 Å². The van der Waals surface area contributed by atoms with Gasteiger partial charge in [0.2, 0.25) is 0 Å². The molecule has 6 heteroatoms. The fourth-order valence-electron chi connectivity index (χ4n) is 1.67. The summed E-state index contributed by atoms with van der Waals surface area (Å²) in [7, 11) is 0. The molecule has 16 heavy (non-hydrogen) atoms. The Bertz CT molecular complexity index is 357. The van der Waals surface area contributed by atoms with E-state index in [1.807, 2.05) is 6.92 Å². The molecule has 1 aliphatic rings. The highest BCUT2D eigenvalue weighted by Crippen LogP contribution is 2.09. The van der Waals surface area contributed by atoms with Crippen LogP contribution in [0.1, 0.15) is 30.3 Å². The lowest BCUT2D eigenvalue weighted by atomic mass is 10.1. The summed E-state index contributed by atoms with van der Waals surface area (Å²) in [6.07, 6.45) is 3.20. The van der Waals surface area contributed by atoms with Gasteiger partial charge in [0, 0.05) is 0 Å². The van der Waals surface area contributed by atoms with E-state index in [4.69, 9.17) is 4.74 Å². The van der Waals surface area contributed by atoms with Gasteiger partial charge in [-0.2, -0.15) is 9.90 Å². The Morgan fingerprint density at radius 3 is 3.00 bits per heavy atom. The molecule has 1 aromatic heterocycles. The lowest BCUT2D eigenvalue weighted by Crippen LogP contribution is -2.33. The highest BCUT2D eigenvalue weighted by molar-refractivity contribution is 5.86. The third-order valence-corrected chi connectivity index (χ3v) is 2.59. The molecule has 0 spiro atoms. The van der Waals surface area contributed by atoms with Gasteiger partial charge in [-0.05, 0) is 32.9 Å². The molecule has 2 rings (SSSR count). The Kier molecular flexibility index (Phi) is 3.51. The zero-order chi connectivity index (χ0) is 11.4. The van der Waals surface area contributed by atoms with Crippen molar-refractivity contribution in [2.75, 3.05) is 13.1 Å². The number of nitrogens with one attached hydrogen (secondary N) is 1. The molecule has 0 unspecified atom stereocenters. The number of carbonyl (C=O) groups is 1. The molecule has 0 atom stereocenters. The van der Waals surface area contributed by atoms with Crippen LogP contribution in [0.25, 0.3) is 0 Å². The molecule has 0 amide bonds. The van der Waals surface area contributed by atoms with Gasteiger partial charge in [0.15, 0.2) is 5.69 Å². The van der Waals surface area contributed by atoms with Crippen LogP contribution in [0.15, 0.2) is 6.20 Å². The number of esters is 1. The quantitative estimate of drug-likeness (QED) is 0.743. The minimum absolute atomic E-state index is 0.0144. The second kappa shape index (κ2) is 5.07. The van der Waals surface area contributed by atoms with Gasteiger partial charge in [-0.3, -0.25) is 0 Å². The van der Waals surface area contributed by atoms with Crippen molar-refractivity contribution < 1.29 is 9.53 Å². The van der Waals surface area contributed by atoms with Gasteiger partial charge in [0.05, 0.1) is 12.7 Å². The number of aromatic nitrogens is 3. The maximum Gasteiger partial charge on any atom is 0.360 e. The predicted molar refractivity (Wildman–Crippen MR) is 57.0 cm³/mol. The predicted octanol–water partition coefficient (Wildman–Crippen LogP) is 0.207. The first kappa shape index (κ1) is 11.1. The number of hydrogen-bond acceptors (Lipinski definition) is 5. The van der Waals surface area contributed by atoms with E-state index in [9.17, 15) is 4.79 Å². The maximum absolute atomic E-state index is 11.7. The summed E-state index contributed by atoms with van der Waals surface area (Å²) in [6, 6.07) is 0. The van der Waals surface area contributed by atoms with Crippen LogP contribution in [0.2, 0.25) is 0 Å².